The van der Waals surface area contributed by atoms with E-state index in [-0.39, 0.29) is 18.5 Å². The number of hydrogen-bond donors (Lipinski definition) is 3. The van der Waals surface area contributed by atoms with Gasteiger partial charge in [0.05, 0.1) is 25.4 Å². The topological polar surface area (TPSA) is 95.9 Å². The van der Waals surface area contributed by atoms with Gasteiger partial charge < -0.3 is 20.3 Å². The van der Waals surface area contributed by atoms with Crippen molar-refractivity contribution in [3.8, 4) is 0 Å². The fraction of sp³-hybridized carbons (Fsp3) is 0.944. The van der Waals surface area contributed by atoms with Gasteiger partial charge in [-0.3, -0.25) is 9.59 Å². The number of esters is 1. The van der Waals surface area contributed by atoms with Gasteiger partial charge in [0.1, 0.15) is 0 Å². The summed E-state index contributed by atoms with van der Waals surface area (Å²) in [6, 6.07) is -0.622. The maximum atomic E-state index is 12.4. The van der Waals surface area contributed by atoms with Crippen molar-refractivity contribution in [3.63, 3.8) is 0 Å². The highest BCUT2D eigenvalue weighted by molar-refractivity contribution is 5.76. The maximum Gasteiger partial charge on any atom is 0.305 e. The zero-order chi connectivity index (χ0) is 56.4. The molecule has 2 unspecified atom stereocenters. The number of ether oxygens (including phenoxy) is 1. The molecule has 0 saturated heterocycles. The summed E-state index contributed by atoms with van der Waals surface area (Å²) < 4.78 is 5.52. The first-order valence-corrected chi connectivity index (χ1v) is 36.0. The molecule has 464 valence electrons. The summed E-state index contributed by atoms with van der Waals surface area (Å²) in [7, 11) is 0. The van der Waals surface area contributed by atoms with Crippen molar-refractivity contribution in [3.05, 3.63) is 12.2 Å². The minimum absolute atomic E-state index is 0.0262. The fourth-order valence-corrected chi connectivity index (χ4v) is 11.6. The molecule has 3 N–H and O–H groups in total. The molecular weight excluding hydrogens is 959 g/mol. The van der Waals surface area contributed by atoms with Gasteiger partial charge in [-0.1, -0.05) is 379 Å². The minimum Gasteiger partial charge on any atom is -0.466 e. The third kappa shape index (κ3) is 63.8. The summed E-state index contributed by atoms with van der Waals surface area (Å²) in [5, 5.41) is 23.1. The number of unbranched alkanes of at least 4 members (excludes halogenated alkanes) is 57. The van der Waals surface area contributed by atoms with Gasteiger partial charge >= 0.3 is 5.97 Å². The molecule has 0 bridgehead atoms. The van der Waals surface area contributed by atoms with Gasteiger partial charge in [0.25, 0.3) is 0 Å². The zero-order valence-electron chi connectivity index (χ0n) is 53.2. The highest BCUT2D eigenvalue weighted by atomic mass is 16.5. The number of aliphatic hydroxyl groups excluding tert-OH is 2. The number of nitrogens with one attached hydrogen (secondary N) is 1. The molecule has 1 amide bonds. The van der Waals surface area contributed by atoms with Crippen LogP contribution in [0.1, 0.15) is 412 Å². The molecule has 0 saturated carbocycles. The molecule has 0 fully saturated rings. The molecule has 0 rings (SSSR count). The average Bonchev–Trinajstić information content (AvgIpc) is 3.44. The number of hydrogen-bond acceptors (Lipinski definition) is 5. The van der Waals surface area contributed by atoms with Crippen molar-refractivity contribution >= 4 is 11.9 Å². The summed E-state index contributed by atoms with van der Waals surface area (Å²) in [6.07, 6.45) is 84.6. The molecule has 0 aromatic heterocycles. The van der Waals surface area contributed by atoms with Crippen LogP contribution in [0.2, 0.25) is 0 Å². The second-order valence-corrected chi connectivity index (χ2v) is 24.9. The highest BCUT2D eigenvalue weighted by Crippen LogP contribution is 2.19. The molecule has 0 spiro atoms. The van der Waals surface area contributed by atoms with Crippen LogP contribution in [0, 0.1) is 0 Å². The van der Waals surface area contributed by atoms with Crippen molar-refractivity contribution < 1.29 is 24.5 Å². The Balaban J connectivity index is 3.29. The van der Waals surface area contributed by atoms with E-state index in [1.165, 1.54) is 347 Å². The summed E-state index contributed by atoms with van der Waals surface area (Å²) in [4.78, 5) is 24.6. The molecule has 0 aliphatic carbocycles. The van der Waals surface area contributed by atoms with Gasteiger partial charge in [-0.25, -0.2) is 0 Å². The maximum absolute atomic E-state index is 12.4. The van der Waals surface area contributed by atoms with Crippen LogP contribution in [0.4, 0.5) is 0 Å². The Hall–Kier alpha value is -1.40. The number of amides is 1. The highest BCUT2D eigenvalue weighted by Gasteiger charge is 2.18. The standard InChI is InChI=1S/C72H141NO5/c1-3-5-7-9-11-13-15-16-17-18-36-39-42-46-50-54-58-62-66-72(77)78-67-63-59-55-51-47-43-40-37-34-32-30-28-26-24-22-20-19-21-23-25-27-29-31-33-35-38-41-45-49-53-57-61-65-71(76)73-69(68-74)70(75)64-60-56-52-48-44-14-12-10-8-6-4-2/h60,64,69-70,74-75H,3-59,61-63,65-68H2,1-2H3,(H,73,76)/b64-60+. The van der Waals surface area contributed by atoms with Crippen molar-refractivity contribution in [1.29, 1.82) is 0 Å². The van der Waals surface area contributed by atoms with Gasteiger partial charge in [0, 0.05) is 12.8 Å². The van der Waals surface area contributed by atoms with Gasteiger partial charge in [0.2, 0.25) is 5.91 Å². The van der Waals surface area contributed by atoms with E-state index in [1.807, 2.05) is 6.08 Å². The smallest absolute Gasteiger partial charge is 0.305 e. The predicted octanol–water partition coefficient (Wildman–Crippen LogP) is 23.1. The van der Waals surface area contributed by atoms with Gasteiger partial charge in [-0.2, -0.15) is 0 Å². The lowest BCUT2D eigenvalue weighted by Crippen LogP contribution is -2.45. The van der Waals surface area contributed by atoms with Crippen LogP contribution in [0.3, 0.4) is 0 Å². The Kier molecular flexibility index (Phi) is 66.9. The lowest BCUT2D eigenvalue weighted by Gasteiger charge is -2.20. The van der Waals surface area contributed by atoms with E-state index in [2.05, 4.69) is 19.2 Å². The first kappa shape index (κ1) is 76.6. The first-order chi connectivity index (χ1) is 38.5. The third-order valence-corrected chi connectivity index (χ3v) is 17.1. The van der Waals surface area contributed by atoms with E-state index >= 15 is 0 Å². The normalized spacial score (nSPS) is 12.5. The van der Waals surface area contributed by atoms with Crippen molar-refractivity contribution in [1.82, 2.24) is 5.32 Å². The van der Waals surface area contributed by atoms with Crippen LogP contribution in [-0.4, -0.2) is 47.4 Å². The summed E-state index contributed by atoms with van der Waals surface area (Å²) in [5.41, 5.74) is 0. The van der Waals surface area contributed by atoms with Crippen LogP contribution in [0.25, 0.3) is 0 Å². The SMILES string of the molecule is CCCCCCCCCCC/C=C/C(O)C(CO)NC(=O)CCCCCCCCCCCCCCCCCCCCCCCCCCCCCCCCCCOC(=O)CCCCCCCCCCCCCCCCCCCC. The lowest BCUT2D eigenvalue weighted by molar-refractivity contribution is -0.143. The van der Waals surface area contributed by atoms with E-state index in [1.54, 1.807) is 6.08 Å². The number of allylic oxidation sites excluding steroid dienone is 1. The van der Waals surface area contributed by atoms with Crippen LogP contribution in [0.5, 0.6) is 0 Å². The molecule has 0 aliphatic rings. The monoisotopic (exact) mass is 1100 g/mol. The lowest BCUT2D eigenvalue weighted by atomic mass is 10.0. The van der Waals surface area contributed by atoms with Crippen molar-refractivity contribution in [2.24, 2.45) is 0 Å². The summed E-state index contributed by atoms with van der Waals surface area (Å²) >= 11 is 0. The van der Waals surface area contributed by atoms with Crippen LogP contribution >= 0.6 is 0 Å². The largest absolute Gasteiger partial charge is 0.466 e. The van der Waals surface area contributed by atoms with E-state index in [9.17, 15) is 19.8 Å². The van der Waals surface area contributed by atoms with Crippen LogP contribution in [0.15, 0.2) is 12.2 Å². The van der Waals surface area contributed by atoms with Crippen LogP contribution in [-0.2, 0) is 14.3 Å². The van der Waals surface area contributed by atoms with Gasteiger partial charge in [0.15, 0.2) is 0 Å². The Bertz CT molecular complexity index is 1180. The van der Waals surface area contributed by atoms with E-state index in [0.29, 0.717) is 19.4 Å². The zero-order valence-corrected chi connectivity index (χ0v) is 53.2. The van der Waals surface area contributed by atoms with Gasteiger partial charge in [-0.05, 0) is 32.1 Å². The van der Waals surface area contributed by atoms with Crippen molar-refractivity contribution in [2.75, 3.05) is 13.2 Å². The molecule has 0 aliphatic heterocycles. The van der Waals surface area contributed by atoms with Gasteiger partial charge in [-0.15, -0.1) is 0 Å². The fourth-order valence-electron chi connectivity index (χ4n) is 11.6. The molecule has 6 heteroatoms. The average molecular weight is 1100 g/mol. The number of carbonyl (C=O) groups is 2. The third-order valence-electron chi connectivity index (χ3n) is 17.1. The Morgan fingerprint density at radius 1 is 0.346 bits per heavy atom. The van der Waals surface area contributed by atoms with Crippen molar-refractivity contribution in [2.45, 2.75) is 424 Å². The number of aliphatic hydroxyl groups is 2. The molecule has 0 aromatic carbocycles. The molecule has 78 heavy (non-hydrogen) atoms. The first-order valence-electron chi connectivity index (χ1n) is 36.0. The summed E-state index contributed by atoms with van der Waals surface area (Å²) in [6.45, 7) is 4.93. The second kappa shape index (κ2) is 68.1. The predicted molar refractivity (Wildman–Crippen MR) is 343 cm³/mol. The molecular formula is C72H141NO5. The minimum atomic E-state index is -0.839. The molecule has 0 aromatic rings. The Morgan fingerprint density at radius 2 is 0.590 bits per heavy atom. The van der Waals surface area contributed by atoms with E-state index in [4.69, 9.17) is 4.74 Å². The van der Waals surface area contributed by atoms with E-state index in [0.717, 1.165) is 38.5 Å². The Labute approximate surface area is 489 Å². The quantitative estimate of drug-likeness (QED) is 0.0320. The molecule has 2 atom stereocenters. The van der Waals surface area contributed by atoms with Crippen LogP contribution < -0.4 is 5.32 Å². The second-order valence-electron chi connectivity index (χ2n) is 24.9. The molecule has 0 heterocycles. The number of rotatable bonds is 68. The molecule has 6 nitrogen and oxygen atoms in total. The van der Waals surface area contributed by atoms with E-state index < -0.39 is 12.1 Å². The Morgan fingerprint density at radius 3 is 0.872 bits per heavy atom. The molecule has 0 radical (unpaired) electrons. The number of carbonyl (C=O) groups excluding carboxylic acids is 2. The summed E-state index contributed by atoms with van der Waals surface area (Å²) in [5.74, 6) is -0.0363.